The quantitative estimate of drug-likeness (QED) is 0.845. The van der Waals surface area contributed by atoms with Crippen molar-refractivity contribution in [2.75, 3.05) is 6.54 Å². The highest BCUT2D eigenvalue weighted by Gasteiger charge is 2.39. The van der Waals surface area contributed by atoms with Crippen LogP contribution >= 0.6 is 11.6 Å². The number of benzene rings is 2. The Bertz CT molecular complexity index is 886. The largest absolute Gasteiger partial charge is 0.351 e. The van der Waals surface area contributed by atoms with Gasteiger partial charge in [-0.05, 0) is 54.8 Å². The number of nitrogens with zero attached hydrogens (tertiary/aromatic N) is 1. The summed E-state index contributed by atoms with van der Waals surface area (Å²) in [4.78, 5) is 12.5. The Labute approximate surface area is 156 Å². The van der Waals surface area contributed by atoms with Crippen LogP contribution in [0.2, 0.25) is 5.02 Å². The minimum Gasteiger partial charge on any atom is -0.351 e. The zero-order valence-corrected chi connectivity index (χ0v) is 15.4. The summed E-state index contributed by atoms with van der Waals surface area (Å²) in [5.41, 5.74) is 0.869. The number of sulfonamides is 1. The minimum absolute atomic E-state index is 0.0173. The van der Waals surface area contributed by atoms with E-state index in [4.69, 9.17) is 11.6 Å². The van der Waals surface area contributed by atoms with Crippen molar-refractivity contribution >= 4 is 27.5 Å². The third-order valence-corrected chi connectivity index (χ3v) is 6.48. The van der Waals surface area contributed by atoms with Crippen LogP contribution in [0, 0.1) is 5.82 Å². The van der Waals surface area contributed by atoms with E-state index in [1.165, 1.54) is 16.4 Å². The summed E-state index contributed by atoms with van der Waals surface area (Å²) in [6.45, 7) is 0.551. The summed E-state index contributed by atoms with van der Waals surface area (Å²) < 4.78 is 39.8. The van der Waals surface area contributed by atoms with Gasteiger partial charge in [0.15, 0.2) is 0 Å². The maximum Gasteiger partial charge on any atom is 0.243 e. The van der Waals surface area contributed by atoms with Gasteiger partial charge >= 0.3 is 0 Å². The van der Waals surface area contributed by atoms with E-state index in [9.17, 15) is 17.6 Å². The first-order valence-electron chi connectivity index (χ1n) is 8.17. The molecule has 1 unspecified atom stereocenters. The molecule has 2 aromatic carbocycles. The Kier molecular flexibility index (Phi) is 5.60. The second-order valence-electron chi connectivity index (χ2n) is 6.07. The zero-order valence-electron chi connectivity index (χ0n) is 13.9. The molecule has 1 amide bonds. The molecule has 1 aliphatic heterocycles. The molecule has 0 spiro atoms. The van der Waals surface area contributed by atoms with Crippen molar-refractivity contribution in [3.05, 3.63) is 64.9 Å². The van der Waals surface area contributed by atoms with Crippen molar-refractivity contribution < 1.29 is 17.6 Å². The van der Waals surface area contributed by atoms with E-state index in [1.54, 1.807) is 24.3 Å². The van der Waals surface area contributed by atoms with E-state index in [0.717, 1.165) is 17.7 Å². The highest BCUT2D eigenvalue weighted by atomic mass is 35.5. The number of rotatable bonds is 5. The molecule has 138 valence electrons. The fraction of sp³-hybridized carbons (Fsp3) is 0.278. The lowest BCUT2D eigenvalue weighted by Gasteiger charge is -2.23. The molecule has 3 rings (SSSR count). The SMILES string of the molecule is O=C(NCc1ccc(Cl)cc1)C1CCCN1S(=O)(=O)c1ccc(F)cc1. The highest BCUT2D eigenvalue weighted by molar-refractivity contribution is 7.89. The molecule has 1 aliphatic rings. The first kappa shape index (κ1) is 18.8. The Hall–Kier alpha value is -1.96. The summed E-state index contributed by atoms with van der Waals surface area (Å²) >= 11 is 5.83. The van der Waals surface area contributed by atoms with Crippen LogP contribution < -0.4 is 5.32 Å². The van der Waals surface area contributed by atoms with Gasteiger partial charge in [-0.1, -0.05) is 23.7 Å². The van der Waals surface area contributed by atoms with E-state index in [2.05, 4.69) is 5.32 Å². The molecule has 0 saturated carbocycles. The minimum atomic E-state index is -3.85. The number of nitrogens with one attached hydrogen (secondary N) is 1. The number of hydrogen-bond donors (Lipinski definition) is 1. The standard InChI is InChI=1S/C18H18ClFN2O3S/c19-14-5-3-13(4-6-14)12-21-18(23)17-2-1-11-22(17)26(24,25)16-9-7-15(20)8-10-16/h3-10,17H,1-2,11-12H2,(H,21,23). The Morgan fingerprint density at radius 1 is 1.15 bits per heavy atom. The van der Waals surface area contributed by atoms with Gasteiger partial charge in [0.05, 0.1) is 4.90 Å². The molecule has 0 aliphatic carbocycles. The van der Waals surface area contributed by atoms with E-state index in [-0.39, 0.29) is 23.9 Å². The van der Waals surface area contributed by atoms with Crippen molar-refractivity contribution in [1.82, 2.24) is 9.62 Å². The highest BCUT2D eigenvalue weighted by Crippen LogP contribution is 2.26. The van der Waals surface area contributed by atoms with Crippen LogP contribution in [0.1, 0.15) is 18.4 Å². The van der Waals surface area contributed by atoms with Crippen LogP contribution in [-0.2, 0) is 21.4 Å². The average Bonchev–Trinajstić information content (AvgIpc) is 3.12. The Morgan fingerprint density at radius 3 is 2.46 bits per heavy atom. The van der Waals surface area contributed by atoms with Crippen LogP contribution in [0.25, 0.3) is 0 Å². The first-order valence-corrected chi connectivity index (χ1v) is 9.99. The molecule has 5 nitrogen and oxygen atoms in total. The summed E-state index contributed by atoms with van der Waals surface area (Å²) in [6, 6.07) is 10.9. The predicted octanol–water partition coefficient (Wildman–Crippen LogP) is 2.95. The van der Waals surface area contributed by atoms with Gasteiger partial charge < -0.3 is 5.32 Å². The van der Waals surface area contributed by atoms with Gasteiger partial charge in [0.1, 0.15) is 11.9 Å². The van der Waals surface area contributed by atoms with E-state index < -0.39 is 21.9 Å². The molecule has 1 N–H and O–H groups in total. The van der Waals surface area contributed by atoms with Gasteiger partial charge in [0, 0.05) is 18.1 Å². The third kappa shape index (κ3) is 4.06. The molecule has 0 bridgehead atoms. The van der Waals surface area contributed by atoms with Crippen LogP contribution in [0.5, 0.6) is 0 Å². The maximum absolute atomic E-state index is 13.1. The molecule has 0 aromatic heterocycles. The molecule has 1 fully saturated rings. The molecule has 1 saturated heterocycles. The topological polar surface area (TPSA) is 66.5 Å². The van der Waals surface area contributed by atoms with Gasteiger partial charge in [-0.3, -0.25) is 4.79 Å². The van der Waals surface area contributed by atoms with Gasteiger partial charge in [0.2, 0.25) is 15.9 Å². The monoisotopic (exact) mass is 396 g/mol. The molecule has 26 heavy (non-hydrogen) atoms. The molecular weight excluding hydrogens is 379 g/mol. The fourth-order valence-corrected chi connectivity index (χ4v) is 4.72. The molecule has 8 heteroatoms. The van der Waals surface area contributed by atoms with Crippen LogP contribution in [-0.4, -0.2) is 31.2 Å². The molecular formula is C18H18ClFN2O3S. The molecule has 2 aromatic rings. The van der Waals surface area contributed by atoms with Crippen LogP contribution in [0.4, 0.5) is 4.39 Å². The average molecular weight is 397 g/mol. The normalized spacial score (nSPS) is 18.0. The van der Waals surface area contributed by atoms with Gasteiger partial charge in [-0.2, -0.15) is 4.31 Å². The summed E-state index contributed by atoms with van der Waals surface area (Å²) in [5.74, 6) is -0.856. The van der Waals surface area contributed by atoms with Crippen molar-refractivity contribution in [2.24, 2.45) is 0 Å². The maximum atomic E-state index is 13.1. The van der Waals surface area contributed by atoms with E-state index >= 15 is 0 Å². The molecule has 0 radical (unpaired) electrons. The number of carbonyl (C=O) groups is 1. The second-order valence-corrected chi connectivity index (χ2v) is 8.40. The zero-order chi connectivity index (χ0) is 18.7. The lowest BCUT2D eigenvalue weighted by molar-refractivity contribution is -0.124. The molecule has 1 heterocycles. The lowest BCUT2D eigenvalue weighted by Crippen LogP contribution is -2.45. The lowest BCUT2D eigenvalue weighted by atomic mass is 10.2. The predicted molar refractivity (Wildman–Crippen MR) is 96.6 cm³/mol. The summed E-state index contributed by atoms with van der Waals surface area (Å²) in [7, 11) is -3.85. The number of amides is 1. The van der Waals surface area contributed by atoms with Crippen molar-refractivity contribution in [3.8, 4) is 0 Å². The van der Waals surface area contributed by atoms with Crippen LogP contribution in [0.15, 0.2) is 53.4 Å². The van der Waals surface area contributed by atoms with Crippen LogP contribution in [0.3, 0.4) is 0 Å². The summed E-state index contributed by atoms with van der Waals surface area (Å²) in [5, 5.41) is 3.38. The van der Waals surface area contributed by atoms with E-state index in [0.29, 0.717) is 17.9 Å². The van der Waals surface area contributed by atoms with Crippen molar-refractivity contribution in [3.63, 3.8) is 0 Å². The number of halogens is 2. The first-order chi connectivity index (χ1) is 12.4. The number of hydrogen-bond acceptors (Lipinski definition) is 3. The van der Waals surface area contributed by atoms with Gasteiger partial charge in [-0.15, -0.1) is 0 Å². The molecule has 1 atom stereocenters. The van der Waals surface area contributed by atoms with Crippen molar-refractivity contribution in [2.45, 2.75) is 30.3 Å². The van der Waals surface area contributed by atoms with Gasteiger partial charge in [0.25, 0.3) is 0 Å². The van der Waals surface area contributed by atoms with Crippen molar-refractivity contribution in [1.29, 1.82) is 0 Å². The smallest absolute Gasteiger partial charge is 0.243 e. The van der Waals surface area contributed by atoms with E-state index in [1.807, 2.05) is 0 Å². The fourth-order valence-electron chi connectivity index (χ4n) is 2.94. The Balaban J connectivity index is 1.71. The Morgan fingerprint density at radius 2 is 1.81 bits per heavy atom. The van der Waals surface area contributed by atoms with Gasteiger partial charge in [-0.25, -0.2) is 12.8 Å². The number of carbonyl (C=O) groups excluding carboxylic acids is 1. The second kappa shape index (κ2) is 7.73. The summed E-state index contributed by atoms with van der Waals surface area (Å²) in [6.07, 6.45) is 1.05. The third-order valence-electron chi connectivity index (χ3n) is 4.31.